The van der Waals surface area contributed by atoms with E-state index in [2.05, 4.69) is 25.2 Å². The highest BCUT2D eigenvalue weighted by Crippen LogP contribution is 1.99. The number of carbonyl (C=O) groups is 2. The molecule has 5 nitrogen and oxygen atoms in total. The number of ether oxygens (including phenoxy) is 2. The Morgan fingerprint density at radius 3 is 1.90 bits per heavy atom. The van der Waals surface area contributed by atoms with Crippen molar-refractivity contribution in [3.05, 3.63) is 60.8 Å². The molecular weight excluding hydrogens is 392 g/mol. The molecule has 31 heavy (non-hydrogen) atoms. The van der Waals surface area contributed by atoms with Crippen molar-refractivity contribution in [1.29, 1.82) is 0 Å². The molecule has 0 aliphatic heterocycles. The van der Waals surface area contributed by atoms with Gasteiger partial charge in [-0.2, -0.15) is 0 Å². The van der Waals surface area contributed by atoms with Crippen LogP contribution in [0.4, 0.5) is 0 Å². The molecule has 0 rings (SSSR count). The summed E-state index contributed by atoms with van der Waals surface area (Å²) < 4.78 is 9.94. The first-order valence-electron chi connectivity index (χ1n) is 11.3. The summed E-state index contributed by atoms with van der Waals surface area (Å²) in [5.41, 5.74) is 0. The Morgan fingerprint density at radius 1 is 0.774 bits per heavy atom. The highest BCUT2D eigenvalue weighted by Gasteiger charge is 2.11. The van der Waals surface area contributed by atoms with Crippen molar-refractivity contribution >= 4 is 11.9 Å². The number of hydrogen-bond acceptors (Lipinski definition) is 5. The minimum Gasteiger partial charge on any atom is -0.463 e. The van der Waals surface area contributed by atoms with Gasteiger partial charge in [-0.3, -0.25) is 9.59 Å². The lowest BCUT2D eigenvalue weighted by atomic mass is 10.2. The molecule has 1 N–H and O–H groups in total. The van der Waals surface area contributed by atoms with Crippen LogP contribution in [0.25, 0.3) is 0 Å². The van der Waals surface area contributed by atoms with Crippen LogP contribution in [0, 0.1) is 0 Å². The summed E-state index contributed by atoms with van der Waals surface area (Å²) >= 11 is 0. The number of allylic oxidation sites excluding steroid dienone is 9. The maximum atomic E-state index is 11.6. The van der Waals surface area contributed by atoms with E-state index in [-0.39, 0.29) is 32.0 Å². The van der Waals surface area contributed by atoms with E-state index < -0.39 is 12.1 Å². The molecule has 0 heterocycles. The van der Waals surface area contributed by atoms with Crippen molar-refractivity contribution in [3.8, 4) is 0 Å². The Morgan fingerprint density at radius 2 is 1.29 bits per heavy atom. The number of hydrogen-bond donors (Lipinski definition) is 1. The molecule has 0 spiro atoms. The van der Waals surface area contributed by atoms with Gasteiger partial charge >= 0.3 is 11.9 Å². The topological polar surface area (TPSA) is 72.8 Å². The van der Waals surface area contributed by atoms with Crippen LogP contribution in [-0.2, 0) is 19.1 Å². The lowest BCUT2D eigenvalue weighted by molar-refractivity contribution is -0.151. The zero-order valence-corrected chi connectivity index (χ0v) is 19.8. The first kappa shape index (κ1) is 30.8. The van der Waals surface area contributed by atoms with E-state index in [4.69, 9.17) is 9.47 Å². The quantitative estimate of drug-likeness (QED) is 0.238. The first-order valence-corrected chi connectivity index (χ1v) is 11.3. The van der Waals surface area contributed by atoms with Gasteiger partial charge in [-0.1, -0.05) is 81.5 Å². The summed E-state index contributed by atoms with van der Waals surface area (Å²) in [6, 6.07) is 0. The van der Waals surface area contributed by atoms with Gasteiger partial charge in [-0.15, -0.1) is 0 Å². The normalized spacial score (nSPS) is 12.7. The molecule has 1 unspecified atom stereocenters. The highest BCUT2D eigenvalue weighted by molar-refractivity contribution is 5.71. The van der Waals surface area contributed by atoms with Crippen LogP contribution >= 0.6 is 0 Å². The van der Waals surface area contributed by atoms with Gasteiger partial charge in [0.15, 0.2) is 0 Å². The molecule has 0 radical (unpaired) electrons. The Hall–Kier alpha value is -2.40. The van der Waals surface area contributed by atoms with Crippen LogP contribution in [0.3, 0.4) is 0 Å². The third-order valence-corrected chi connectivity index (χ3v) is 3.63. The SMILES string of the molecule is C/C=C\C/C=C\CCC(=O)OCC(O)COC(=O)C/C=C\C/C=C\C/C=C\CC.CC. The van der Waals surface area contributed by atoms with Crippen LogP contribution in [0.2, 0.25) is 0 Å². The summed E-state index contributed by atoms with van der Waals surface area (Å²) in [6.07, 6.45) is 23.4. The van der Waals surface area contributed by atoms with Crippen LogP contribution < -0.4 is 0 Å². The van der Waals surface area contributed by atoms with E-state index in [0.717, 1.165) is 25.7 Å². The van der Waals surface area contributed by atoms with Crippen molar-refractivity contribution in [2.45, 2.75) is 78.7 Å². The number of esters is 2. The monoisotopic (exact) mass is 434 g/mol. The molecule has 0 saturated carbocycles. The van der Waals surface area contributed by atoms with Gasteiger partial charge in [0.2, 0.25) is 0 Å². The molecule has 0 saturated heterocycles. The average molecular weight is 435 g/mol. The summed E-state index contributed by atoms with van der Waals surface area (Å²) in [6.45, 7) is 7.69. The minimum absolute atomic E-state index is 0.148. The predicted molar refractivity (Wildman–Crippen MR) is 129 cm³/mol. The molecule has 5 heteroatoms. The van der Waals surface area contributed by atoms with Crippen molar-refractivity contribution in [2.75, 3.05) is 13.2 Å². The lowest BCUT2D eigenvalue weighted by Crippen LogP contribution is -2.25. The number of rotatable bonds is 16. The largest absolute Gasteiger partial charge is 0.463 e. The Bertz CT molecular complexity index is 570. The van der Waals surface area contributed by atoms with Gasteiger partial charge in [0.1, 0.15) is 19.3 Å². The van der Waals surface area contributed by atoms with Gasteiger partial charge < -0.3 is 14.6 Å². The Balaban J connectivity index is 0. The van der Waals surface area contributed by atoms with Crippen molar-refractivity contribution in [1.82, 2.24) is 0 Å². The second-order valence-corrected chi connectivity index (χ2v) is 6.33. The fraction of sp³-hybridized carbons (Fsp3) is 0.538. The molecule has 0 bridgehead atoms. The molecule has 0 aromatic rings. The van der Waals surface area contributed by atoms with Gasteiger partial charge in [-0.25, -0.2) is 0 Å². The summed E-state index contributed by atoms with van der Waals surface area (Å²) in [5, 5.41) is 9.74. The van der Waals surface area contributed by atoms with Crippen LogP contribution in [0.5, 0.6) is 0 Å². The van der Waals surface area contributed by atoms with Crippen LogP contribution in [0.15, 0.2) is 60.8 Å². The van der Waals surface area contributed by atoms with Crippen LogP contribution in [0.1, 0.15) is 72.6 Å². The molecule has 0 aromatic carbocycles. The fourth-order valence-electron chi connectivity index (χ4n) is 2.08. The van der Waals surface area contributed by atoms with E-state index in [1.165, 1.54) is 0 Å². The highest BCUT2D eigenvalue weighted by atomic mass is 16.6. The van der Waals surface area contributed by atoms with Gasteiger partial charge in [0, 0.05) is 6.42 Å². The zero-order chi connectivity index (χ0) is 23.6. The second kappa shape index (κ2) is 25.6. The molecule has 1 atom stereocenters. The maximum absolute atomic E-state index is 11.6. The van der Waals surface area contributed by atoms with Gasteiger partial charge in [-0.05, 0) is 39.0 Å². The molecule has 0 fully saturated rings. The van der Waals surface area contributed by atoms with Crippen molar-refractivity contribution in [3.63, 3.8) is 0 Å². The Labute approximate surface area is 189 Å². The van der Waals surface area contributed by atoms with Crippen molar-refractivity contribution < 1.29 is 24.2 Å². The summed E-state index contributed by atoms with van der Waals surface area (Å²) in [5.74, 6) is -0.806. The summed E-state index contributed by atoms with van der Waals surface area (Å²) in [7, 11) is 0. The first-order chi connectivity index (χ1) is 15.1. The Kier molecular flexibility index (Phi) is 25.5. The number of aliphatic hydroxyl groups is 1. The van der Waals surface area contributed by atoms with Crippen LogP contribution in [-0.4, -0.2) is 36.4 Å². The van der Waals surface area contributed by atoms with Gasteiger partial charge in [0.25, 0.3) is 0 Å². The fourth-order valence-corrected chi connectivity index (χ4v) is 2.08. The zero-order valence-electron chi connectivity index (χ0n) is 19.8. The number of aliphatic hydroxyl groups excluding tert-OH is 1. The molecular formula is C26H42O5. The third-order valence-electron chi connectivity index (χ3n) is 3.63. The molecule has 176 valence electrons. The average Bonchev–Trinajstić information content (AvgIpc) is 2.78. The third kappa shape index (κ3) is 25.6. The lowest BCUT2D eigenvalue weighted by Gasteiger charge is -2.11. The number of carbonyl (C=O) groups excluding carboxylic acids is 2. The smallest absolute Gasteiger partial charge is 0.309 e. The second-order valence-electron chi connectivity index (χ2n) is 6.33. The standard InChI is InChI=1S/C24H36O5.C2H6/c1-3-5-7-9-11-12-13-15-17-19-24(27)29-21-22(25)20-28-23(26)18-16-14-10-8-6-4-2;1-2/h4-7,10-12,14-15,17,22,25H,3,8-9,13,16,18-21H2,1-2H3;1-2H3/b6-4-,7-5-,12-11-,14-10-,17-15-;. The predicted octanol–water partition coefficient (Wildman–Crippen LogP) is 6.01. The minimum atomic E-state index is -1.02. The molecule has 0 aromatic heterocycles. The molecule has 0 aliphatic rings. The molecule has 0 amide bonds. The van der Waals surface area contributed by atoms with E-state index in [0.29, 0.717) is 6.42 Å². The van der Waals surface area contributed by atoms with E-state index >= 15 is 0 Å². The maximum Gasteiger partial charge on any atom is 0.309 e. The summed E-state index contributed by atoms with van der Waals surface area (Å²) in [4.78, 5) is 23.2. The molecule has 0 aliphatic carbocycles. The van der Waals surface area contributed by atoms with E-state index in [1.807, 2.05) is 57.2 Å². The van der Waals surface area contributed by atoms with E-state index in [9.17, 15) is 14.7 Å². The van der Waals surface area contributed by atoms with Crippen molar-refractivity contribution in [2.24, 2.45) is 0 Å². The van der Waals surface area contributed by atoms with Gasteiger partial charge in [0.05, 0.1) is 6.42 Å². The van der Waals surface area contributed by atoms with E-state index in [1.54, 1.807) is 6.08 Å².